The van der Waals surface area contributed by atoms with Gasteiger partial charge in [0.05, 0.1) is 20.3 Å². The molecule has 2 rings (SSSR count). The van der Waals surface area contributed by atoms with Crippen molar-refractivity contribution in [3.63, 3.8) is 0 Å². The molecule has 112 valence electrons. The average molecular weight is 343 g/mol. The number of hydrogen-bond acceptors (Lipinski definition) is 3. The number of halogens is 1. The van der Waals surface area contributed by atoms with Gasteiger partial charge in [-0.2, -0.15) is 0 Å². The summed E-state index contributed by atoms with van der Waals surface area (Å²) >= 11 is 3.78. The van der Waals surface area contributed by atoms with Crippen LogP contribution in [0.4, 0.5) is 0 Å². The van der Waals surface area contributed by atoms with Gasteiger partial charge in [-0.25, -0.2) is 0 Å². The van der Waals surface area contributed by atoms with Gasteiger partial charge in [0, 0.05) is 17.0 Å². The van der Waals surface area contributed by atoms with Crippen molar-refractivity contribution in [2.75, 3.05) is 20.8 Å². The first-order chi connectivity index (χ1) is 9.74. The average Bonchev–Trinajstić information content (AvgIpc) is 2.52. The number of ether oxygens (including phenoxy) is 3. The highest BCUT2D eigenvalue weighted by atomic mass is 79.9. The molecule has 1 aliphatic heterocycles. The number of alkyl halides is 1. The Labute approximate surface area is 129 Å². The maximum Gasteiger partial charge on any atom is 0.123 e. The lowest BCUT2D eigenvalue weighted by molar-refractivity contribution is 0.0101. The molecule has 0 N–H and O–H groups in total. The van der Waals surface area contributed by atoms with Gasteiger partial charge in [0.2, 0.25) is 0 Å². The molecule has 0 amide bonds. The standard InChI is InChI=1S/C16H23BrO3/c1-18-13-7-9-16(19-2)14(11-13)15(17)8-6-12-5-3-4-10-20-12/h7,9,11-12,15H,3-6,8,10H2,1-2H3. The molecule has 0 saturated carbocycles. The largest absolute Gasteiger partial charge is 0.497 e. The highest BCUT2D eigenvalue weighted by Crippen LogP contribution is 2.37. The molecule has 0 bridgehead atoms. The lowest BCUT2D eigenvalue weighted by Crippen LogP contribution is -2.19. The van der Waals surface area contributed by atoms with Crippen LogP contribution in [0.25, 0.3) is 0 Å². The Morgan fingerprint density at radius 1 is 1.30 bits per heavy atom. The molecule has 0 spiro atoms. The zero-order valence-corrected chi connectivity index (χ0v) is 13.8. The van der Waals surface area contributed by atoms with Crippen LogP contribution < -0.4 is 9.47 Å². The summed E-state index contributed by atoms with van der Waals surface area (Å²) in [5.74, 6) is 1.76. The van der Waals surface area contributed by atoms with Crippen molar-refractivity contribution in [2.45, 2.75) is 43.0 Å². The van der Waals surface area contributed by atoms with Crippen LogP contribution in [0.1, 0.15) is 42.5 Å². The summed E-state index contributed by atoms with van der Waals surface area (Å²) in [7, 11) is 3.39. The van der Waals surface area contributed by atoms with Gasteiger partial charge < -0.3 is 14.2 Å². The molecular weight excluding hydrogens is 320 g/mol. The van der Waals surface area contributed by atoms with Crippen LogP contribution in [0.3, 0.4) is 0 Å². The first-order valence-corrected chi connectivity index (χ1v) is 8.13. The smallest absolute Gasteiger partial charge is 0.123 e. The summed E-state index contributed by atoms with van der Waals surface area (Å²) < 4.78 is 16.5. The Bertz CT molecular complexity index is 416. The van der Waals surface area contributed by atoms with E-state index in [1.807, 2.05) is 18.2 Å². The van der Waals surface area contributed by atoms with Crippen molar-refractivity contribution in [3.05, 3.63) is 23.8 Å². The molecule has 2 unspecified atom stereocenters. The highest BCUT2D eigenvalue weighted by molar-refractivity contribution is 9.09. The van der Waals surface area contributed by atoms with Gasteiger partial charge in [-0.15, -0.1) is 0 Å². The number of hydrogen-bond donors (Lipinski definition) is 0. The SMILES string of the molecule is COc1ccc(OC)c(C(Br)CCC2CCCCO2)c1. The predicted molar refractivity (Wildman–Crippen MR) is 84.0 cm³/mol. The molecule has 1 saturated heterocycles. The minimum atomic E-state index is 0.262. The molecule has 2 atom stereocenters. The van der Waals surface area contributed by atoms with E-state index in [1.165, 1.54) is 19.3 Å². The fraction of sp³-hybridized carbons (Fsp3) is 0.625. The van der Waals surface area contributed by atoms with E-state index in [1.54, 1.807) is 14.2 Å². The van der Waals surface area contributed by atoms with Gasteiger partial charge in [-0.1, -0.05) is 15.9 Å². The van der Waals surface area contributed by atoms with E-state index in [-0.39, 0.29) is 4.83 Å². The molecule has 3 nitrogen and oxygen atoms in total. The molecule has 0 aliphatic carbocycles. The normalized spacial score (nSPS) is 20.4. The first-order valence-electron chi connectivity index (χ1n) is 7.22. The topological polar surface area (TPSA) is 27.7 Å². The number of methoxy groups -OCH3 is 2. The molecule has 0 aromatic heterocycles. The third-order valence-corrected chi connectivity index (χ3v) is 4.74. The van der Waals surface area contributed by atoms with Crippen LogP contribution in [0.2, 0.25) is 0 Å². The quantitative estimate of drug-likeness (QED) is 0.713. The Morgan fingerprint density at radius 2 is 2.15 bits per heavy atom. The van der Waals surface area contributed by atoms with Gasteiger partial charge in [0.1, 0.15) is 11.5 Å². The van der Waals surface area contributed by atoms with Crippen molar-refractivity contribution in [2.24, 2.45) is 0 Å². The first kappa shape index (κ1) is 15.6. The van der Waals surface area contributed by atoms with Crippen molar-refractivity contribution in [1.82, 2.24) is 0 Å². The lowest BCUT2D eigenvalue weighted by atomic mass is 10.0. The Balaban J connectivity index is 1.98. The third kappa shape index (κ3) is 4.13. The van der Waals surface area contributed by atoms with Gasteiger partial charge in [-0.3, -0.25) is 0 Å². The van der Waals surface area contributed by atoms with Crippen LogP contribution >= 0.6 is 15.9 Å². The highest BCUT2D eigenvalue weighted by Gasteiger charge is 2.19. The fourth-order valence-corrected chi connectivity index (χ4v) is 3.23. The van der Waals surface area contributed by atoms with Crippen LogP contribution in [0.5, 0.6) is 11.5 Å². The van der Waals surface area contributed by atoms with Crippen molar-refractivity contribution < 1.29 is 14.2 Å². The summed E-state index contributed by atoms with van der Waals surface area (Å²) in [4.78, 5) is 0.262. The third-order valence-electron chi connectivity index (χ3n) is 3.79. The van der Waals surface area contributed by atoms with Gasteiger partial charge >= 0.3 is 0 Å². The molecule has 1 aliphatic rings. The molecule has 1 aromatic rings. The van der Waals surface area contributed by atoms with Crippen molar-refractivity contribution >= 4 is 15.9 Å². The predicted octanol–water partition coefficient (Wildman–Crippen LogP) is 4.49. The summed E-state index contributed by atoms with van der Waals surface area (Å²) in [6.07, 6.45) is 6.22. The lowest BCUT2D eigenvalue weighted by Gasteiger charge is -2.24. The van der Waals surface area contributed by atoms with E-state index < -0.39 is 0 Å². The summed E-state index contributed by atoms with van der Waals surface area (Å²) in [5.41, 5.74) is 1.14. The molecule has 0 radical (unpaired) electrons. The zero-order valence-electron chi connectivity index (χ0n) is 12.2. The van der Waals surface area contributed by atoms with E-state index in [9.17, 15) is 0 Å². The second-order valence-electron chi connectivity index (χ2n) is 5.14. The Hall–Kier alpha value is -0.740. The molecule has 1 fully saturated rings. The fourth-order valence-electron chi connectivity index (χ4n) is 2.61. The van der Waals surface area contributed by atoms with E-state index in [4.69, 9.17) is 14.2 Å². The van der Waals surface area contributed by atoms with Gasteiger partial charge in [0.25, 0.3) is 0 Å². The van der Waals surface area contributed by atoms with Gasteiger partial charge in [-0.05, 0) is 50.3 Å². The molecule has 4 heteroatoms. The number of rotatable bonds is 6. The van der Waals surface area contributed by atoms with E-state index in [2.05, 4.69) is 15.9 Å². The van der Waals surface area contributed by atoms with E-state index in [0.717, 1.165) is 36.5 Å². The minimum Gasteiger partial charge on any atom is -0.497 e. The van der Waals surface area contributed by atoms with E-state index in [0.29, 0.717) is 6.10 Å². The maximum absolute atomic E-state index is 5.79. The van der Waals surface area contributed by atoms with Crippen LogP contribution in [0.15, 0.2) is 18.2 Å². The van der Waals surface area contributed by atoms with Crippen LogP contribution in [-0.4, -0.2) is 26.9 Å². The second kappa shape index (κ2) is 7.89. The Kier molecular flexibility index (Phi) is 6.17. The van der Waals surface area contributed by atoms with Crippen LogP contribution in [0, 0.1) is 0 Å². The molecule has 1 heterocycles. The summed E-state index contributed by atoms with van der Waals surface area (Å²) in [6.45, 7) is 0.917. The summed E-state index contributed by atoms with van der Waals surface area (Å²) in [5, 5.41) is 0. The van der Waals surface area contributed by atoms with Crippen molar-refractivity contribution in [1.29, 1.82) is 0 Å². The minimum absolute atomic E-state index is 0.262. The second-order valence-corrected chi connectivity index (χ2v) is 6.25. The van der Waals surface area contributed by atoms with Crippen LogP contribution in [-0.2, 0) is 4.74 Å². The monoisotopic (exact) mass is 342 g/mol. The van der Waals surface area contributed by atoms with Crippen molar-refractivity contribution in [3.8, 4) is 11.5 Å². The number of benzene rings is 1. The van der Waals surface area contributed by atoms with Gasteiger partial charge in [0.15, 0.2) is 0 Å². The zero-order chi connectivity index (χ0) is 14.4. The van der Waals surface area contributed by atoms with E-state index >= 15 is 0 Å². The molecule has 1 aromatic carbocycles. The molecular formula is C16H23BrO3. The maximum atomic E-state index is 5.79. The summed E-state index contributed by atoms with van der Waals surface area (Å²) in [6, 6.07) is 5.92. The molecule has 20 heavy (non-hydrogen) atoms. The Morgan fingerprint density at radius 3 is 2.80 bits per heavy atom.